The first kappa shape index (κ1) is 25.3. The molecule has 4 N–H and O–H groups in total. The summed E-state index contributed by atoms with van der Waals surface area (Å²) in [5, 5.41) is 19.1. The fraction of sp³-hybridized carbons (Fsp3) is 0.273. The van der Waals surface area contributed by atoms with E-state index < -0.39 is 11.9 Å². The highest BCUT2D eigenvalue weighted by atomic mass is 35.5. The number of nitrogens with one attached hydrogen (secondary N) is 4. The fourth-order valence-corrected chi connectivity index (χ4v) is 3.90. The van der Waals surface area contributed by atoms with Crippen molar-refractivity contribution >= 4 is 52.9 Å². The number of hydrogen-bond donors (Lipinski definition) is 4. The quantitative estimate of drug-likeness (QED) is 0.260. The molecule has 0 aromatic carbocycles. The molecule has 5 rings (SSSR count). The van der Waals surface area contributed by atoms with E-state index in [0.29, 0.717) is 17.0 Å². The zero-order valence-corrected chi connectivity index (χ0v) is 20.6. The number of halogens is 4. The van der Waals surface area contributed by atoms with Crippen LogP contribution in [0, 0.1) is 11.3 Å². The first-order chi connectivity index (χ1) is 18.1. The first-order valence-electron chi connectivity index (χ1n) is 11.2. The van der Waals surface area contributed by atoms with Gasteiger partial charge in [-0.1, -0.05) is 11.6 Å². The number of pyridine rings is 1. The molecule has 0 atom stereocenters. The highest BCUT2D eigenvalue weighted by molar-refractivity contribution is 6.36. The van der Waals surface area contributed by atoms with Crippen LogP contribution >= 0.6 is 11.6 Å². The van der Waals surface area contributed by atoms with Gasteiger partial charge in [0.25, 0.3) is 0 Å². The Morgan fingerprint density at radius 1 is 1.39 bits per heavy atom. The molecule has 1 saturated carbocycles. The molecule has 0 radical (unpaired) electrons. The Balaban J connectivity index is 1.37. The van der Waals surface area contributed by atoms with Crippen LogP contribution in [0.3, 0.4) is 0 Å². The number of rotatable bonds is 7. The smallest absolute Gasteiger partial charge is 0.432 e. The van der Waals surface area contributed by atoms with E-state index in [1.807, 2.05) is 5.10 Å². The van der Waals surface area contributed by atoms with Crippen molar-refractivity contribution in [3.63, 3.8) is 0 Å². The SMILES string of the molecule is CN(C(=O)C1CC1)C1=CN/C(=C(\C=N)Oc2cnc3nc(Nc4cc(C(F)(F)F)[nH]n4)n(C)c3c2Cl)C=N1. The molecular formula is C22H20ClF3N10O2. The molecule has 1 aliphatic heterocycles. The van der Waals surface area contributed by atoms with Crippen LogP contribution in [0.4, 0.5) is 24.9 Å². The van der Waals surface area contributed by atoms with Gasteiger partial charge in [0, 0.05) is 32.3 Å². The summed E-state index contributed by atoms with van der Waals surface area (Å²) in [6.07, 6.45) is 2.40. The van der Waals surface area contributed by atoms with E-state index in [9.17, 15) is 18.0 Å². The summed E-state index contributed by atoms with van der Waals surface area (Å²) < 4.78 is 45.9. The number of aryl methyl sites for hydroxylation is 1. The summed E-state index contributed by atoms with van der Waals surface area (Å²) in [5.74, 6) is 0.669. The lowest BCUT2D eigenvalue weighted by molar-refractivity contribution is -0.141. The van der Waals surface area contributed by atoms with Crippen LogP contribution in [0.2, 0.25) is 5.02 Å². The predicted molar refractivity (Wildman–Crippen MR) is 132 cm³/mol. The monoisotopic (exact) mass is 548 g/mol. The number of carbonyl (C=O) groups is 1. The summed E-state index contributed by atoms with van der Waals surface area (Å²) >= 11 is 6.57. The summed E-state index contributed by atoms with van der Waals surface area (Å²) in [5.41, 5.74) is -0.129. The Labute approximate surface area is 217 Å². The van der Waals surface area contributed by atoms with Crippen molar-refractivity contribution in [1.82, 2.24) is 34.9 Å². The molecule has 4 heterocycles. The lowest BCUT2D eigenvalue weighted by Crippen LogP contribution is -2.30. The molecule has 0 bridgehead atoms. The third-order valence-electron chi connectivity index (χ3n) is 5.83. The van der Waals surface area contributed by atoms with Gasteiger partial charge in [-0.25, -0.2) is 9.98 Å². The van der Waals surface area contributed by atoms with Gasteiger partial charge < -0.3 is 25.3 Å². The second-order valence-corrected chi connectivity index (χ2v) is 8.87. The van der Waals surface area contributed by atoms with Gasteiger partial charge in [0.2, 0.25) is 11.9 Å². The van der Waals surface area contributed by atoms with E-state index in [4.69, 9.17) is 21.7 Å². The summed E-state index contributed by atoms with van der Waals surface area (Å²) in [4.78, 5) is 26.5. The second-order valence-electron chi connectivity index (χ2n) is 8.49. The van der Waals surface area contributed by atoms with Crippen molar-refractivity contribution < 1.29 is 22.7 Å². The third-order valence-corrected chi connectivity index (χ3v) is 6.19. The Kier molecular flexibility index (Phi) is 6.30. The molecule has 0 unspecified atom stereocenters. The minimum absolute atomic E-state index is 0.00423. The van der Waals surface area contributed by atoms with Gasteiger partial charge >= 0.3 is 6.18 Å². The van der Waals surface area contributed by atoms with Gasteiger partial charge in [-0.3, -0.25) is 14.8 Å². The molecule has 38 heavy (non-hydrogen) atoms. The van der Waals surface area contributed by atoms with Crippen molar-refractivity contribution in [2.45, 2.75) is 19.0 Å². The first-order valence-corrected chi connectivity index (χ1v) is 11.6. The number of aromatic amines is 1. The largest absolute Gasteiger partial charge is 0.450 e. The van der Waals surface area contributed by atoms with Crippen molar-refractivity contribution in [2.24, 2.45) is 18.0 Å². The van der Waals surface area contributed by atoms with Gasteiger partial charge in [0.15, 0.2) is 28.8 Å². The van der Waals surface area contributed by atoms with Crippen LogP contribution in [0.1, 0.15) is 18.5 Å². The van der Waals surface area contributed by atoms with E-state index in [-0.39, 0.29) is 45.8 Å². The number of imidazole rings is 1. The molecule has 0 saturated heterocycles. The van der Waals surface area contributed by atoms with Crippen LogP contribution in [-0.4, -0.2) is 55.0 Å². The predicted octanol–water partition coefficient (Wildman–Crippen LogP) is 3.69. The standard InChI is InChI=1S/C22H20ClF3N10O2/c1-35(20(37)10-3-4-10)16-9-28-11(7-29-16)12(6-27)38-13-8-30-19-18(17(13)23)36(2)21(32-19)31-15-5-14(33-34-15)22(24,25)26/h5-10,27-28H,3-4H2,1-2H3,(H2,30,31,32,33,34)/b12-11+,27-6?. The average Bonchev–Trinajstić information content (AvgIpc) is 3.54. The van der Waals surface area contributed by atoms with Crippen molar-refractivity contribution in [3.8, 4) is 5.75 Å². The lowest BCUT2D eigenvalue weighted by atomic mass is 10.3. The van der Waals surface area contributed by atoms with Gasteiger partial charge in [0.05, 0.1) is 18.6 Å². The molecule has 3 aromatic heterocycles. The van der Waals surface area contributed by atoms with Crippen molar-refractivity contribution in [1.29, 1.82) is 5.41 Å². The molecule has 0 spiro atoms. The van der Waals surface area contributed by atoms with E-state index in [2.05, 4.69) is 30.7 Å². The number of anilines is 2. The zero-order valence-electron chi connectivity index (χ0n) is 19.9. The third kappa shape index (κ3) is 4.79. The van der Waals surface area contributed by atoms with Crippen LogP contribution < -0.4 is 15.4 Å². The number of aliphatic imine (C=N–C) groups is 1. The molecular weight excluding hydrogens is 529 g/mol. The second kappa shape index (κ2) is 9.48. The van der Waals surface area contributed by atoms with E-state index >= 15 is 0 Å². The minimum Gasteiger partial charge on any atom is -0.450 e. The van der Waals surface area contributed by atoms with E-state index in [1.54, 1.807) is 14.1 Å². The topological polar surface area (TPSA) is 149 Å². The fourth-order valence-electron chi connectivity index (χ4n) is 3.60. The number of hydrogen-bond acceptors (Lipinski definition) is 9. The Morgan fingerprint density at radius 3 is 2.76 bits per heavy atom. The van der Waals surface area contributed by atoms with Crippen LogP contribution in [0.15, 0.2) is 40.7 Å². The molecule has 12 nitrogen and oxygen atoms in total. The highest BCUT2D eigenvalue weighted by Crippen LogP contribution is 2.35. The maximum absolute atomic E-state index is 12.9. The van der Waals surface area contributed by atoms with E-state index in [0.717, 1.165) is 25.1 Å². The number of carbonyl (C=O) groups excluding carboxylic acids is 1. The zero-order chi connectivity index (χ0) is 27.2. The highest BCUT2D eigenvalue weighted by Gasteiger charge is 2.34. The summed E-state index contributed by atoms with van der Waals surface area (Å²) in [6, 6.07) is 0.809. The maximum Gasteiger partial charge on any atom is 0.432 e. The van der Waals surface area contributed by atoms with Gasteiger partial charge in [-0.05, 0) is 12.8 Å². The van der Waals surface area contributed by atoms with Crippen LogP contribution in [-0.2, 0) is 18.0 Å². The number of alkyl halides is 3. The Hall–Kier alpha value is -4.40. The minimum atomic E-state index is -4.57. The lowest BCUT2D eigenvalue weighted by Gasteiger charge is -2.21. The normalized spacial score (nSPS) is 16.6. The van der Waals surface area contributed by atoms with Gasteiger partial charge in [0.1, 0.15) is 21.9 Å². The number of allylic oxidation sites excluding steroid dienone is 2. The van der Waals surface area contributed by atoms with Crippen molar-refractivity contribution in [2.75, 3.05) is 12.4 Å². The number of nitrogens with zero attached hydrogens (tertiary/aromatic N) is 6. The summed E-state index contributed by atoms with van der Waals surface area (Å²) in [6.45, 7) is 0. The average molecular weight is 549 g/mol. The summed E-state index contributed by atoms with van der Waals surface area (Å²) in [7, 11) is 3.23. The molecule has 2 aliphatic rings. The number of fused-ring (bicyclic) bond motifs is 1. The Bertz CT molecular complexity index is 1530. The van der Waals surface area contributed by atoms with Gasteiger partial charge in [-0.15, -0.1) is 0 Å². The number of aromatic nitrogens is 5. The molecule has 3 aromatic rings. The van der Waals surface area contributed by atoms with Crippen LogP contribution in [0.5, 0.6) is 5.75 Å². The number of amides is 1. The van der Waals surface area contributed by atoms with Gasteiger partial charge in [-0.2, -0.15) is 23.3 Å². The molecule has 16 heteroatoms. The molecule has 1 fully saturated rings. The number of H-pyrrole nitrogens is 1. The van der Waals surface area contributed by atoms with Crippen LogP contribution in [0.25, 0.3) is 11.2 Å². The number of ether oxygens (including phenoxy) is 1. The molecule has 1 aliphatic carbocycles. The maximum atomic E-state index is 12.9. The molecule has 198 valence electrons. The Morgan fingerprint density at radius 2 is 2.16 bits per heavy atom. The van der Waals surface area contributed by atoms with E-state index in [1.165, 1.54) is 28.1 Å². The molecule has 1 amide bonds. The van der Waals surface area contributed by atoms with Crippen molar-refractivity contribution in [3.05, 3.63) is 46.5 Å².